The highest BCUT2D eigenvalue weighted by Crippen LogP contribution is 2.56. The first-order valence-electron chi connectivity index (χ1n) is 12.9. The minimum Gasteiger partial charge on any atom is -0.388 e. The van der Waals surface area contributed by atoms with Crippen LogP contribution in [-0.2, 0) is 12.6 Å². The maximum absolute atomic E-state index is 13.2. The van der Waals surface area contributed by atoms with E-state index in [-0.39, 0.29) is 11.3 Å². The summed E-state index contributed by atoms with van der Waals surface area (Å²) >= 11 is 1.56. The van der Waals surface area contributed by atoms with Gasteiger partial charge in [-0.3, -0.25) is 4.98 Å². The van der Waals surface area contributed by atoms with Crippen LogP contribution in [0.2, 0.25) is 0 Å². The summed E-state index contributed by atoms with van der Waals surface area (Å²) in [6.45, 7) is 0. The van der Waals surface area contributed by atoms with Crippen molar-refractivity contribution in [2.45, 2.75) is 82.1 Å². The van der Waals surface area contributed by atoms with Crippen molar-refractivity contribution in [1.82, 2.24) is 4.98 Å². The van der Waals surface area contributed by atoms with E-state index in [2.05, 4.69) is 0 Å². The minimum absolute atomic E-state index is 0.118. The molecule has 0 unspecified atom stereocenters. The number of thiophene rings is 1. The van der Waals surface area contributed by atoms with Gasteiger partial charge in [-0.1, -0.05) is 37.5 Å². The smallest absolute Gasteiger partial charge is 0.388 e. The van der Waals surface area contributed by atoms with Gasteiger partial charge in [-0.05, 0) is 73.1 Å². The van der Waals surface area contributed by atoms with Crippen molar-refractivity contribution in [3.63, 3.8) is 0 Å². The van der Waals surface area contributed by atoms with Crippen molar-refractivity contribution in [2.75, 3.05) is 0 Å². The molecular weight excluding hydrogens is 483 g/mol. The lowest BCUT2D eigenvalue weighted by Crippen LogP contribution is -2.38. The van der Waals surface area contributed by atoms with Gasteiger partial charge in [0.05, 0.1) is 17.4 Å². The zero-order valence-corrected chi connectivity index (χ0v) is 20.8. The van der Waals surface area contributed by atoms with Crippen LogP contribution in [0, 0.1) is 5.41 Å². The monoisotopic (exact) mass is 513 g/mol. The summed E-state index contributed by atoms with van der Waals surface area (Å²) in [6.07, 6.45) is 2.84. The Morgan fingerprint density at radius 1 is 1.03 bits per heavy atom. The first kappa shape index (κ1) is 24.1. The molecule has 1 spiro atoms. The molecule has 0 amide bonds. The SMILES string of the molecule is O[C@H](c1ccc(C(F)(F)F)cc1)c1c(C2CCCC2)nc2c(c1-c1cccs1)[C@@H](O)CC1(CCC1)C2. The zero-order chi connectivity index (χ0) is 25.1. The molecule has 2 fully saturated rings. The molecule has 0 aliphatic heterocycles. The Bertz CT molecular complexity index is 1240. The third-order valence-corrected chi connectivity index (χ3v) is 9.52. The normalized spacial score (nSPS) is 22.4. The van der Waals surface area contributed by atoms with Gasteiger partial charge in [-0.15, -0.1) is 11.3 Å². The lowest BCUT2D eigenvalue weighted by Gasteiger charge is -2.47. The van der Waals surface area contributed by atoms with Crippen molar-refractivity contribution >= 4 is 11.3 Å². The molecule has 0 radical (unpaired) electrons. The molecule has 3 aliphatic carbocycles. The van der Waals surface area contributed by atoms with Gasteiger partial charge in [0.1, 0.15) is 6.10 Å². The van der Waals surface area contributed by atoms with Crippen molar-refractivity contribution in [2.24, 2.45) is 5.41 Å². The van der Waals surface area contributed by atoms with E-state index < -0.39 is 23.9 Å². The molecule has 3 aliphatic rings. The molecular formula is C29H30F3NO2S. The third-order valence-electron chi connectivity index (χ3n) is 8.63. The van der Waals surface area contributed by atoms with Crippen LogP contribution in [-0.4, -0.2) is 15.2 Å². The first-order chi connectivity index (χ1) is 17.3. The molecule has 3 aromatic rings. The van der Waals surface area contributed by atoms with Gasteiger partial charge in [0, 0.05) is 33.2 Å². The van der Waals surface area contributed by atoms with Gasteiger partial charge < -0.3 is 10.2 Å². The Balaban J connectivity index is 1.56. The summed E-state index contributed by atoms with van der Waals surface area (Å²) < 4.78 is 39.6. The van der Waals surface area contributed by atoms with Crippen LogP contribution in [0.1, 0.15) is 103 Å². The molecule has 6 rings (SSSR count). The summed E-state index contributed by atoms with van der Waals surface area (Å²) in [4.78, 5) is 6.16. The summed E-state index contributed by atoms with van der Waals surface area (Å²) in [5, 5.41) is 25.2. The Labute approximate surface area is 213 Å². The number of aliphatic hydroxyl groups is 2. The van der Waals surface area contributed by atoms with Crippen molar-refractivity contribution in [3.05, 3.63) is 75.4 Å². The number of hydrogen-bond acceptors (Lipinski definition) is 4. The number of rotatable bonds is 4. The fraction of sp³-hybridized carbons (Fsp3) is 0.483. The van der Waals surface area contributed by atoms with Crippen molar-refractivity contribution in [1.29, 1.82) is 0 Å². The highest BCUT2D eigenvalue weighted by atomic mass is 32.1. The summed E-state index contributed by atoms with van der Waals surface area (Å²) in [7, 11) is 0. The Morgan fingerprint density at radius 2 is 1.75 bits per heavy atom. The zero-order valence-electron chi connectivity index (χ0n) is 20.0. The fourth-order valence-corrected chi connectivity index (χ4v) is 7.47. The van der Waals surface area contributed by atoms with Crippen LogP contribution >= 0.6 is 11.3 Å². The van der Waals surface area contributed by atoms with Gasteiger partial charge in [0.25, 0.3) is 0 Å². The maximum Gasteiger partial charge on any atom is 0.416 e. The summed E-state index contributed by atoms with van der Waals surface area (Å²) in [5.41, 5.74) is 3.90. The van der Waals surface area contributed by atoms with E-state index in [1.165, 1.54) is 18.6 Å². The van der Waals surface area contributed by atoms with E-state index in [4.69, 9.17) is 4.98 Å². The molecule has 0 saturated heterocycles. The van der Waals surface area contributed by atoms with Crippen LogP contribution in [0.4, 0.5) is 13.2 Å². The second-order valence-corrected chi connectivity index (χ2v) is 11.8. The molecule has 190 valence electrons. The number of halogens is 3. The second kappa shape index (κ2) is 8.96. The quantitative estimate of drug-likeness (QED) is 0.376. The second-order valence-electron chi connectivity index (χ2n) is 10.9. The molecule has 1 aromatic carbocycles. The number of pyridine rings is 1. The molecule has 3 nitrogen and oxygen atoms in total. The number of benzene rings is 1. The van der Waals surface area contributed by atoms with Crippen LogP contribution in [0.5, 0.6) is 0 Å². The third kappa shape index (κ3) is 4.09. The number of hydrogen-bond donors (Lipinski definition) is 2. The standard InChI is InChI=1S/C29H30F3NO2S/c30-29(31,32)19-10-8-18(9-11-19)27(35)25-24(22-7-3-14-36-22)23-20(33-26(25)17-5-1-2-6-17)15-28(12-4-13-28)16-21(23)34/h3,7-11,14,17,21,27,34-35H,1-2,4-6,12-13,15-16H2/t21-,27+/m0/s1. The average Bonchev–Trinajstić information content (AvgIpc) is 3.55. The minimum atomic E-state index is -4.43. The topological polar surface area (TPSA) is 53.4 Å². The lowest BCUT2D eigenvalue weighted by molar-refractivity contribution is -0.137. The Kier molecular flexibility index (Phi) is 6.01. The molecule has 2 aromatic heterocycles. The van der Waals surface area contributed by atoms with E-state index in [1.807, 2.05) is 17.5 Å². The van der Waals surface area contributed by atoms with Crippen molar-refractivity contribution < 1.29 is 23.4 Å². The van der Waals surface area contributed by atoms with Crippen LogP contribution < -0.4 is 0 Å². The van der Waals surface area contributed by atoms with E-state index in [1.54, 1.807) is 11.3 Å². The molecule has 0 bridgehead atoms. The van der Waals surface area contributed by atoms with E-state index in [0.717, 1.165) is 84.5 Å². The van der Waals surface area contributed by atoms with Crippen molar-refractivity contribution in [3.8, 4) is 10.4 Å². The average molecular weight is 514 g/mol. The van der Waals surface area contributed by atoms with E-state index in [0.29, 0.717) is 17.5 Å². The maximum atomic E-state index is 13.2. The highest BCUT2D eigenvalue weighted by molar-refractivity contribution is 7.13. The number of alkyl halides is 3. The molecule has 2 N–H and O–H groups in total. The molecule has 7 heteroatoms. The first-order valence-corrected chi connectivity index (χ1v) is 13.8. The molecule has 2 heterocycles. The fourth-order valence-electron chi connectivity index (χ4n) is 6.67. The van der Waals surface area contributed by atoms with Gasteiger partial charge >= 0.3 is 6.18 Å². The van der Waals surface area contributed by atoms with Crippen LogP contribution in [0.15, 0.2) is 41.8 Å². The predicted octanol–water partition coefficient (Wildman–Crippen LogP) is 7.72. The number of fused-ring (bicyclic) bond motifs is 1. The van der Waals surface area contributed by atoms with Gasteiger partial charge in [-0.25, -0.2) is 0 Å². The van der Waals surface area contributed by atoms with Gasteiger partial charge in [0.15, 0.2) is 0 Å². The molecule has 36 heavy (non-hydrogen) atoms. The lowest BCUT2D eigenvalue weighted by atomic mass is 9.59. The molecule has 2 saturated carbocycles. The number of aromatic nitrogens is 1. The number of nitrogens with zero attached hydrogens (tertiary/aromatic N) is 1. The van der Waals surface area contributed by atoms with Crippen LogP contribution in [0.25, 0.3) is 10.4 Å². The summed E-state index contributed by atoms with van der Waals surface area (Å²) in [6, 6.07) is 8.74. The van der Waals surface area contributed by atoms with E-state index in [9.17, 15) is 23.4 Å². The van der Waals surface area contributed by atoms with Crippen LogP contribution in [0.3, 0.4) is 0 Å². The van der Waals surface area contributed by atoms with Gasteiger partial charge in [0.2, 0.25) is 0 Å². The largest absolute Gasteiger partial charge is 0.416 e. The number of aliphatic hydroxyl groups excluding tert-OH is 2. The van der Waals surface area contributed by atoms with Gasteiger partial charge in [-0.2, -0.15) is 13.2 Å². The van der Waals surface area contributed by atoms with E-state index >= 15 is 0 Å². The summed E-state index contributed by atoms with van der Waals surface area (Å²) in [5.74, 6) is 0.199. The highest BCUT2D eigenvalue weighted by Gasteiger charge is 2.46. The Morgan fingerprint density at radius 3 is 2.33 bits per heavy atom. The Hall–Kier alpha value is -2.22. The molecule has 2 atom stereocenters. The predicted molar refractivity (Wildman–Crippen MR) is 134 cm³/mol.